The van der Waals surface area contributed by atoms with Crippen molar-refractivity contribution in [3.63, 3.8) is 0 Å². The van der Waals surface area contributed by atoms with Crippen molar-refractivity contribution in [2.24, 2.45) is 17.8 Å². The van der Waals surface area contributed by atoms with E-state index in [0.29, 0.717) is 30.9 Å². The van der Waals surface area contributed by atoms with Gasteiger partial charge in [-0.3, -0.25) is 4.79 Å². The number of carboxylic acid groups (broad SMARTS) is 1. The van der Waals surface area contributed by atoms with Crippen molar-refractivity contribution in [2.45, 2.75) is 83.5 Å². The van der Waals surface area contributed by atoms with Crippen LogP contribution in [0.1, 0.15) is 82.6 Å². The molecule has 0 spiro atoms. The monoisotopic (exact) mass is 442 g/mol. The first kappa shape index (κ1) is 26.2. The number of hydrogen-bond donors (Lipinski definition) is 3. The third kappa shape index (κ3) is 11.0. The summed E-state index contributed by atoms with van der Waals surface area (Å²) in [5, 5.41) is 27.8. The summed E-state index contributed by atoms with van der Waals surface area (Å²) in [7, 11) is 0. The molecule has 1 aliphatic carbocycles. The maximum absolute atomic E-state index is 11.4. The molecule has 0 heterocycles. The van der Waals surface area contributed by atoms with Crippen LogP contribution >= 0.6 is 0 Å². The Kier molecular flexibility index (Phi) is 12.8. The minimum absolute atomic E-state index is 0.0412. The van der Waals surface area contributed by atoms with Crippen LogP contribution in [0.5, 0.6) is 5.75 Å². The van der Waals surface area contributed by atoms with Crippen LogP contribution in [0.2, 0.25) is 0 Å². The van der Waals surface area contributed by atoms with Crippen molar-refractivity contribution in [1.29, 1.82) is 0 Å². The zero-order chi connectivity index (χ0) is 23.0. The number of aliphatic hydroxyl groups is 1. The van der Waals surface area contributed by atoms with Gasteiger partial charge in [0.15, 0.2) is 0 Å². The molecule has 3 atom stereocenters. The molecule has 1 aromatic carbocycles. The molecule has 0 radical (unpaired) electrons. The number of phenolic OH excluding ortho intramolecular Hbond substituents is 1. The molecule has 178 valence electrons. The molecule has 0 bridgehead atoms. The summed E-state index contributed by atoms with van der Waals surface area (Å²) in [6.07, 6.45) is 22.6. The van der Waals surface area contributed by atoms with Crippen molar-refractivity contribution >= 4 is 5.97 Å². The van der Waals surface area contributed by atoms with Gasteiger partial charge in [0.1, 0.15) is 5.75 Å². The molecular formula is C28H42O4. The smallest absolute Gasteiger partial charge is 0.306 e. The average molecular weight is 443 g/mol. The Hall–Kier alpha value is -2.07. The Morgan fingerprint density at radius 1 is 1.00 bits per heavy atom. The van der Waals surface area contributed by atoms with Gasteiger partial charge < -0.3 is 15.3 Å². The zero-order valence-corrected chi connectivity index (χ0v) is 19.5. The summed E-state index contributed by atoms with van der Waals surface area (Å²) in [5.41, 5.74) is 1.24. The summed E-state index contributed by atoms with van der Waals surface area (Å²) in [5.74, 6) is 0.439. The van der Waals surface area contributed by atoms with Crippen LogP contribution in [-0.2, 0) is 11.2 Å². The van der Waals surface area contributed by atoms with E-state index in [1.807, 2.05) is 18.2 Å². The predicted molar refractivity (Wildman–Crippen MR) is 131 cm³/mol. The second-order valence-corrected chi connectivity index (χ2v) is 9.34. The van der Waals surface area contributed by atoms with Gasteiger partial charge in [-0.05, 0) is 87.3 Å². The average Bonchev–Trinajstić information content (AvgIpc) is 3.30. The van der Waals surface area contributed by atoms with E-state index >= 15 is 0 Å². The SMILES string of the molecule is O=C(O)C(CC=CCC(CCCCCCC1C=CCC1)Cc1ccc(O)cc1)CCCO. The van der Waals surface area contributed by atoms with Gasteiger partial charge in [-0.2, -0.15) is 0 Å². The molecule has 4 nitrogen and oxygen atoms in total. The fraction of sp³-hybridized carbons (Fsp3) is 0.607. The topological polar surface area (TPSA) is 77.8 Å². The maximum atomic E-state index is 11.4. The fourth-order valence-corrected chi connectivity index (χ4v) is 4.63. The quantitative estimate of drug-likeness (QED) is 0.186. The molecule has 0 saturated carbocycles. The summed E-state index contributed by atoms with van der Waals surface area (Å²) in [6.45, 7) is 0.0412. The number of aliphatic carboxylic acids is 1. The molecule has 0 saturated heterocycles. The van der Waals surface area contributed by atoms with E-state index in [1.54, 1.807) is 12.1 Å². The molecule has 0 amide bonds. The molecule has 1 aromatic rings. The fourth-order valence-electron chi connectivity index (χ4n) is 4.63. The van der Waals surface area contributed by atoms with Gasteiger partial charge >= 0.3 is 5.97 Å². The van der Waals surface area contributed by atoms with Crippen LogP contribution in [0.4, 0.5) is 0 Å². The van der Waals surface area contributed by atoms with Crippen LogP contribution in [-0.4, -0.2) is 27.9 Å². The van der Waals surface area contributed by atoms with E-state index in [9.17, 15) is 15.0 Å². The summed E-state index contributed by atoms with van der Waals surface area (Å²) in [6, 6.07) is 7.49. The van der Waals surface area contributed by atoms with E-state index in [2.05, 4.69) is 18.2 Å². The van der Waals surface area contributed by atoms with Gasteiger partial charge in [0.2, 0.25) is 0 Å². The zero-order valence-electron chi connectivity index (χ0n) is 19.5. The minimum atomic E-state index is -0.781. The highest BCUT2D eigenvalue weighted by molar-refractivity contribution is 5.70. The van der Waals surface area contributed by atoms with E-state index in [-0.39, 0.29) is 6.61 Å². The van der Waals surface area contributed by atoms with Crippen LogP contribution < -0.4 is 0 Å². The van der Waals surface area contributed by atoms with Gasteiger partial charge in [-0.15, -0.1) is 0 Å². The first-order valence-corrected chi connectivity index (χ1v) is 12.5. The Morgan fingerprint density at radius 3 is 2.44 bits per heavy atom. The van der Waals surface area contributed by atoms with Crippen molar-refractivity contribution in [3.05, 3.63) is 54.1 Å². The number of carbonyl (C=O) groups is 1. The molecule has 0 aliphatic heterocycles. The molecule has 1 aliphatic rings. The van der Waals surface area contributed by atoms with Gasteiger partial charge in [0, 0.05) is 6.61 Å². The number of phenols is 1. The van der Waals surface area contributed by atoms with E-state index in [0.717, 1.165) is 18.8 Å². The van der Waals surface area contributed by atoms with E-state index in [4.69, 9.17) is 5.11 Å². The van der Waals surface area contributed by atoms with Crippen LogP contribution in [0.15, 0.2) is 48.6 Å². The lowest BCUT2D eigenvalue weighted by molar-refractivity contribution is -0.141. The Labute approximate surface area is 194 Å². The number of hydrogen-bond acceptors (Lipinski definition) is 3. The third-order valence-corrected chi connectivity index (χ3v) is 6.63. The second kappa shape index (κ2) is 15.7. The highest BCUT2D eigenvalue weighted by Crippen LogP contribution is 2.25. The van der Waals surface area contributed by atoms with Crippen molar-refractivity contribution in [2.75, 3.05) is 6.61 Å². The molecule has 3 unspecified atom stereocenters. The lowest BCUT2D eigenvalue weighted by atomic mass is 9.90. The molecular weight excluding hydrogens is 400 g/mol. The number of allylic oxidation sites excluding steroid dienone is 4. The number of rotatable bonds is 17. The molecule has 32 heavy (non-hydrogen) atoms. The normalized spacial score (nSPS) is 17.7. The van der Waals surface area contributed by atoms with Crippen molar-refractivity contribution in [3.8, 4) is 5.75 Å². The van der Waals surface area contributed by atoms with Crippen LogP contribution in [0.25, 0.3) is 0 Å². The van der Waals surface area contributed by atoms with Gasteiger partial charge in [-0.1, -0.05) is 62.1 Å². The summed E-state index contributed by atoms with van der Waals surface area (Å²) >= 11 is 0. The Bertz CT molecular complexity index is 692. The second-order valence-electron chi connectivity index (χ2n) is 9.34. The van der Waals surface area contributed by atoms with Crippen molar-refractivity contribution in [1.82, 2.24) is 0 Å². The highest BCUT2D eigenvalue weighted by Gasteiger charge is 2.15. The standard InChI is InChI=1S/C28H42O4/c29-21-9-16-26(28(31)32)15-8-7-14-24(22-25-17-19-27(30)20-18-25)13-4-2-1-3-10-23-11-5-6-12-23/h5,7-8,11,17-20,23-24,26,29-30H,1-4,6,9-10,12-16,21-22H2,(H,31,32). The first-order valence-electron chi connectivity index (χ1n) is 12.5. The lowest BCUT2D eigenvalue weighted by Crippen LogP contribution is -2.13. The van der Waals surface area contributed by atoms with Gasteiger partial charge in [0.05, 0.1) is 5.92 Å². The van der Waals surface area contributed by atoms with E-state index in [1.165, 1.54) is 56.9 Å². The summed E-state index contributed by atoms with van der Waals surface area (Å²) < 4.78 is 0. The van der Waals surface area contributed by atoms with E-state index < -0.39 is 11.9 Å². The Morgan fingerprint density at radius 2 is 1.75 bits per heavy atom. The third-order valence-electron chi connectivity index (χ3n) is 6.63. The molecule has 0 fully saturated rings. The first-order chi connectivity index (χ1) is 15.6. The lowest BCUT2D eigenvalue weighted by Gasteiger charge is -2.16. The maximum Gasteiger partial charge on any atom is 0.306 e. The highest BCUT2D eigenvalue weighted by atomic mass is 16.4. The molecule has 0 aromatic heterocycles. The van der Waals surface area contributed by atoms with Gasteiger partial charge in [-0.25, -0.2) is 0 Å². The molecule has 2 rings (SSSR count). The predicted octanol–water partition coefficient (Wildman–Crippen LogP) is 6.67. The van der Waals surface area contributed by atoms with Crippen molar-refractivity contribution < 1.29 is 20.1 Å². The molecule has 4 heteroatoms. The number of aromatic hydroxyl groups is 1. The van der Waals surface area contributed by atoms with Crippen LogP contribution in [0.3, 0.4) is 0 Å². The van der Waals surface area contributed by atoms with Crippen LogP contribution in [0, 0.1) is 17.8 Å². The number of benzene rings is 1. The largest absolute Gasteiger partial charge is 0.508 e. The number of carboxylic acids is 1. The summed E-state index contributed by atoms with van der Waals surface area (Å²) in [4.78, 5) is 11.4. The number of unbranched alkanes of at least 4 members (excludes halogenated alkanes) is 3. The minimum Gasteiger partial charge on any atom is -0.508 e. The molecule has 3 N–H and O–H groups in total. The Balaban J connectivity index is 1.77. The van der Waals surface area contributed by atoms with Gasteiger partial charge in [0.25, 0.3) is 0 Å². The number of aliphatic hydroxyl groups excluding tert-OH is 1.